The lowest BCUT2D eigenvalue weighted by Crippen LogP contribution is -2.38. The van der Waals surface area contributed by atoms with E-state index < -0.39 is 0 Å². The molecule has 1 atom stereocenters. The molecule has 2 aromatic rings. The summed E-state index contributed by atoms with van der Waals surface area (Å²) in [6.45, 7) is 3.10. The van der Waals surface area contributed by atoms with Gasteiger partial charge in [-0.2, -0.15) is 0 Å². The number of nitrogens with one attached hydrogen (secondary N) is 3. The second kappa shape index (κ2) is 7.79. The van der Waals surface area contributed by atoms with Crippen molar-refractivity contribution < 1.29 is 14.3 Å². The minimum Gasteiger partial charge on any atom is -0.396 e. The van der Waals surface area contributed by atoms with Gasteiger partial charge in [0, 0.05) is 36.8 Å². The molecule has 0 radical (unpaired) electrons. The Morgan fingerprint density at radius 3 is 3.00 bits per heavy atom. The fraction of sp³-hybridized carbons (Fsp3) is 0.438. The van der Waals surface area contributed by atoms with Crippen molar-refractivity contribution in [2.45, 2.75) is 19.8 Å². The third-order valence-electron chi connectivity index (χ3n) is 3.64. The Morgan fingerprint density at radius 1 is 1.41 bits per heavy atom. The minimum absolute atomic E-state index is 0.127. The number of carbonyl (C=O) groups is 1. The van der Waals surface area contributed by atoms with E-state index in [2.05, 4.69) is 15.6 Å². The molecule has 120 valence electrons. The van der Waals surface area contributed by atoms with Gasteiger partial charge in [-0.25, -0.2) is 9.18 Å². The van der Waals surface area contributed by atoms with Crippen LogP contribution in [0.4, 0.5) is 9.18 Å². The van der Waals surface area contributed by atoms with E-state index in [9.17, 15) is 9.18 Å². The van der Waals surface area contributed by atoms with Crippen molar-refractivity contribution in [3.8, 4) is 0 Å². The van der Waals surface area contributed by atoms with Crippen LogP contribution in [0.3, 0.4) is 0 Å². The summed E-state index contributed by atoms with van der Waals surface area (Å²) < 4.78 is 13.3. The molecule has 0 saturated carbocycles. The van der Waals surface area contributed by atoms with E-state index in [4.69, 9.17) is 5.11 Å². The molecule has 1 aromatic carbocycles. The Kier molecular flexibility index (Phi) is 5.77. The molecule has 0 aliphatic heterocycles. The lowest BCUT2D eigenvalue weighted by molar-refractivity contribution is 0.234. The van der Waals surface area contributed by atoms with Gasteiger partial charge in [-0.1, -0.05) is 6.92 Å². The highest BCUT2D eigenvalue weighted by atomic mass is 19.1. The van der Waals surface area contributed by atoms with Crippen LogP contribution in [0.25, 0.3) is 10.9 Å². The maximum absolute atomic E-state index is 13.3. The van der Waals surface area contributed by atoms with Crippen molar-refractivity contribution in [1.29, 1.82) is 0 Å². The number of aliphatic hydroxyl groups is 1. The fourth-order valence-electron chi connectivity index (χ4n) is 2.32. The fourth-order valence-corrected chi connectivity index (χ4v) is 2.32. The molecule has 0 saturated heterocycles. The SMILES string of the molecule is CC(CCO)CNC(=O)NCCc1c[nH]c2ccc(F)cc12. The summed E-state index contributed by atoms with van der Waals surface area (Å²) in [5, 5.41) is 15.2. The number of hydrogen-bond acceptors (Lipinski definition) is 2. The Hall–Kier alpha value is -2.08. The van der Waals surface area contributed by atoms with Crippen LogP contribution < -0.4 is 10.6 Å². The molecule has 22 heavy (non-hydrogen) atoms. The van der Waals surface area contributed by atoms with E-state index in [1.807, 2.05) is 13.1 Å². The number of hydrogen-bond donors (Lipinski definition) is 4. The van der Waals surface area contributed by atoms with E-state index in [-0.39, 0.29) is 24.4 Å². The maximum atomic E-state index is 13.3. The van der Waals surface area contributed by atoms with E-state index >= 15 is 0 Å². The smallest absolute Gasteiger partial charge is 0.314 e. The van der Waals surface area contributed by atoms with Gasteiger partial charge in [0.05, 0.1) is 0 Å². The van der Waals surface area contributed by atoms with Gasteiger partial charge in [0.2, 0.25) is 0 Å². The van der Waals surface area contributed by atoms with Crippen LogP contribution in [0, 0.1) is 11.7 Å². The van der Waals surface area contributed by atoms with Gasteiger partial charge >= 0.3 is 6.03 Å². The zero-order chi connectivity index (χ0) is 15.9. The molecule has 2 rings (SSSR count). The molecule has 2 amide bonds. The lowest BCUT2D eigenvalue weighted by Gasteiger charge is -2.11. The number of rotatable bonds is 7. The van der Waals surface area contributed by atoms with Crippen LogP contribution in [0.15, 0.2) is 24.4 Å². The van der Waals surface area contributed by atoms with Crippen molar-refractivity contribution in [2.75, 3.05) is 19.7 Å². The molecular weight excluding hydrogens is 285 g/mol. The second-order valence-electron chi connectivity index (χ2n) is 5.51. The highest BCUT2D eigenvalue weighted by molar-refractivity contribution is 5.83. The first-order valence-corrected chi connectivity index (χ1v) is 7.48. The summed E-state index contributed by atoms with van der Waals surface area (Å²) in [6.07, 6.45) is 3.14. The number of halogens is 1. The normalized spacial score (nSPS) is 12.3. The van der Waals surface area contributed by atoms with Crippen molar-refractivity contribution in [3.63, 3.8) is 0 Å². The van der Waals surface area contributed by atoms with Crippen LogP contribution in [0.2, 0.25) is 0 Å². The number of benzene rings is 1. The second-order valence-corrected chi connectivity index (χ2v) is 5.51. The first-order chi connectivity index (χ1) is 10.6. The monoisotopic (exact) mass is 307 g/mol. The molecule has 0 bridgehead atoms. The summed E-state index contributed by atoms with van der Waals surface area (Å²) in [7, 11) is 0. The maximum Gasteiger partial charge on any atom is 0.314 e. The standard InChI is InChI=1S/C16H22FN3O2/c1-11(5-7-21)9-20-16(22)18-6-4-12-10-19-15-3-2-13(17)8-14(12)15/h2-3,8,10-11,19,21H,4-7,9H2,1H3,(H2,18,20,22). The number of aromatic nitrogens is 1. The summed E-state index contributed by atoms with van der Waals surface area (Å²) in [5.41, 5.74) is 1.86. The molecule has 4 N–H and O–H groups in total. The van der Waals surface area contributed by atoms with E-state index in [1.165, 1.54) is 12.1 Å². The third kappa shape index (κ3) is 4.46. The van der Waals surface area contributed by atoms with E-state index in [0.717, 1.165) is 16.5 Å². The largest absolute Gasteiger partial charge is 0.396 e. The van der Waals surface area contributed by atoms with Crippen LogP contribution >= 0.6 is 0 Å². The molecule has 1 aromatic heterocycles. The van der Waals surface area contributed by atoms with Gasteiger partial charge in [0.15, 0.2) is 0 Å². The minimum atomic E-state index is -0.267. The van der Waals surface area contributed by atoms with Crippen LogP contribution in [0.1, 0.15) is 18.9 Å². The molecule has 0 fully saturated rings. The zero-order valence-electron chi connectivity index (χ0n) is 12.7. The summed E-state index contributed by atoms with van der Waals surface area (Å²) >= 11 is 0. The summed E-state index contributed by atoms with van der Waals surface area (Å²) in [6, 6.07) is 4.40. The van der Waals surface area contributed by atoms with Crippen molar-refractivity contribution in [2.24, 2.45) is 5.92 Å². The van der Waals surface area contributed by atoms with Gasteiger partial charge in [0.25, 0.3) is 0 Å². The van der Waals surface area contributed by atoms with Crippen LogP contribution in [-0.4, -0.2) is 35.8 Å². The first-order valence-electron chi connectivity index (χ1n) is 7.48. The Labute approximate surface area is 128 Å². The number of aromatic amines is 1. The number of aliphatic hydroxyl groups excluding tert-OH is 1. The molecule has 1 heterocycles. The van der Waals surface area contributed by atoms with Crippen molar-refractivity contribution in [1.82, 2.24) is 15.6 Å². The van der Waals surface area contributed by atoms with Gasteiger partial charge in [-0.3, -0.25) is 0 Å². The molecule has 0 aliphatic carbocycles. The van der Waals surface area contributed by atoms with Crippen molar-refractivity contribution in [3.05, 3.63) is 35.8 Å². The van der Waals surface area contributed by atoms with Crippen LogP contribution in [-0.2, 0) is 6.42 Å². The highest BCUT2D eigenvalue weighted by Gasteiger charge is 2.07. The highest BCUT2D eigenvalue weighted by Crippen LogP contribution is 2.19. The Balaban J connectivity index is 1.78. The predicted molar refractivity (Wildman–Crippen MR) is 84.2 cm³/mol. The van der Waals surface area contributed by atoms with Gasteiger partial charge < -0.3 is 20.7 Å². The number of fused-ring (bicyclic) bond motifs is 1. The first kappa shape index (κ1) is 16.3. The number of H-pyrrole nitrogens is 1. The van der Waals surface area contributed by atoms with Gasteiger partial charge in [-0.05, 0) is 42.5 Å². The topological polar surface area (TPSA) is 77.2 Å². The van der Waals surface area contributed by atoms with Crippen LogP contribution in [0.5, 0.6) is 0 Å². The molecular formula is C16H22FN3O2. The molecule has 0 aliphatic rings. The average molecular weight is 307 g/mol. The van der Waals surface area contributed by atoms with E-state index in [0.29, 0.717) is 25.9 Å². The third-order valence-corrected chi connectivity index (χ3v) is 3.64. The van der Waals surface area contributed by atoms with Gasteiger partial charge in [0.1, 0.15) is 5.82 Å². The Morgan fingerprint density at radius 2 is 2.23 bits per heavy atom. The summed E-state index contributed by atoms with van der Waals surface area (Å²) in [4.78, 5) is 14.7. The predicted octanol–water partition coefficient (Wildman–Crippen LogP) is 2.17. The number of amides is 2. The van der Waals surface area contributed by atoms with Gasteiger partial charge in [-0.15, -0.1) is 0 Å². The molecule has 1 unspecified atom stereocenters. The van der Waals surface area contributed by atoms with E-state index in [1.54, 1.807) is 6.07 Å². The van der Waals surface area contributed by atoms with Crippen molar-refractivity contribution >= 4 is 16.9 Å². The average Bonchev–Trinajstić information content (AvgIpc) is 2.88. The number of urea groups is 1. The summed E-state index contributed by atoms with van der Waals surface area (Å²) in [5.74, 6) is -0.0238. The zero-order valence-corrected chi connectivity index (χ0v) is 12.7. The Bertz CT molecular complexity index is 627. The molecule has 5 nitrogen and oxygen atoms in total. The number of carbonyl (C=O) groups excluding carboxylic acids is 1. The lowest BCUT2D eigenvalue weighted by atomic mass is 10.1. The molecule has 0 spiro atoms. The molecule has 6 heteroatoms. The quantitative estimate of drug-likeness (QED) is 0.633.